The van der Waals surface area contributed by atoms with Gasteiger partial charge in [-0.15, -0.1) is 5.10 Å². The molecule has 0 radical (unpaired) electrons. The van der Waals surface area contributed by atoms with Gasteiger partial charge in [0.2, 0.25) is 47.3 Å². The summed E-state index contributed by atoms with van der Waals surface area (Å²) in [4.78, 5) is 122. The van der Waals surface area contributed by atoms with Gasteiger partial charge in [-0.05, 0) is 178 Å². The molecule has 2 aromatic carbocycles. The molecule has 3 aromatic rings. The molecule has 1 heterocycles. The van der Waals surface area contributed by atoms with E-state index in [1.807, 2.05) is 48.9 Å². The minimum Gasteiger partial charge on any atom is -0.508 e. The summed E-state index contributed by atoms with van der Waals surface area (Å²) < 4.78 is 60.4. The van der Waals surface area contributed by atoms with Crippen molar-refractivity contribution in [1.29, 1.82) is 0 Å². The highest BCUT2D eigenvalue weighted by molar-refractivity contribution is 7.85. The van der Waals surface area contributed by atoms with Crippen LogP contribution in [-0.4, -0.2) is 189 Å². The van der Waals surface area contributed by atoms with E-state index in [0.717, 1.165) is 93.0 Å². The maximum Gasteiger partial charge on any atom is 0.312 e. The van der Waals surface area contributed by atoms with Crippen molar-refractivity contribution in [1.82, 2.24) is 52.2 Å². The second kappa shape index (κ2) is 39.6. The molecule has 10 amide bonds. The van der Waals surface area contributed by atoms with Gasteiger partial charge in [-0.1, -0.05) is 84.6 Å². The Kier molecular flexibility index (Phi) is 31.4. The van der Waals surface area contributed by atoms with Crippen molar-refractivity contribution in [2.24, 2.45) is 34.3 Å². The molecular weight excluding hydrogens is 1400 g/mol. The largest absolute Gasteiger partial charge is 0.508 e. The van der Waals surface area contributed by atoms with Crippen LogP contribution in [0.15, 0.2) is 36.4 Å². The van der Waals surface area contributed by atoms with Gasteiger partial charge in [0, 0.05) is 38.7 Å². The number of primary amides is 1. The van der Waals surface area contributed by atoms with Crippen LogP contribution in [0.5, 0.6) is 5.75 Å². The number of unbranched alkanes of at least 4 members (excludes halogenated alkanes) is 1. The molecule has 594 valence electrons. The number of imide groups is 1. The number of amides is 10. The molecule has 0 saturated heterocycles. The molecule has 12 N–H and O–H groups in total. The van der Waals surface area contributed by atoms with Crippen LogP contribution in [-0.2, 0) is 109 Å². The summed E-state index contributed by atoms with van der Waals surface area (Å²) in [5.41, 5.74) is 9.32. The quantitative estimate of drug-likeness (QED) is 0.0190. The number of nitrogens with two attached hydrogens (primary N) is 1. The van der Waals surface area contributed by atoms with Crippen LogP contribution in [0.3, 0.4) is 0 Å². The van der Waals surface area contributed by atoms with E-state index < -0.39 is 97.8 Å². The molecule has 2 saturated carbocycles. The number of aryl methyl sites for hydroxylation is 2. The Hall–Kier alpha value is -7.68. The molecule has 1 aromatic heterocycles. The van der Waals surface area contributed by atoms with Crippen molar-refractivity contribution in [3.63, 3.8) is 0 Å². The third-order valence-corrected chi connectivity index (χ3v) is 23.4. The van der Waals surface area contributed by atoms with E-state index in [0.29, 0.717) is 96.1 Å². The number of hydrogen-bond acceptors (Lipinski definition) is 19. The summed E-state index contributed by atoms with van der Waals surface area (Å²) >= 11 is 0. The SMILES string of the molecule is CC(=O)N[C@H](CCCCNC(=O)COC1CCCCCc2c1nnn2CCOCCOCCOCCOCCC(=O)NCCS(=O)(=O)O)C(=O)N[C@H](C(=O)N[C@@H](CCCNC(N)=O)C(=O)Nc1ccc2c(c1)[C@@]1(C)CCC[C@](C)(C(=O)NC(=O)[C@@]3(C)CCC[C@]4(C)c5cc(O)ccc5CC[C@@H]34)[C@@H]1CC2)C(C)C. The first kappa shape index (κ1) is 84.9. The highest BCUT2D eigenvalue weighted by Crippen LogP contribution is 2.60. The molecule has 5 aliphatic rings. The fourth-order valence-electron chi connectivity index (χ4n) is 17.0. The number of nitrogens with zero attached hydrogens (tertiary/aromatic N) is 3. The van der Waals surface area contributed by atoms with Crippen LogP contribution in [0.4, 0.5) is 10.5 Å². The van der Waals surface area contributed by atoms with Crippen LogP contribution in [0.25, 0.3) is 0 Å². The average molecular weight is 1520 g/mol. The van der Waals surface area contributed by atoms with Crippen LogP contribution < -0.4 is 48.3 Å². The maximum absolute atomic E-state index is 14.9. The Morgan fingerprint density at radius 1 is 0.626 bits per heavy atom. The van der Waals surface area contributed by atoms with Crippen molar-refractivity contribution in [2.45, 2.75) is 225 Å². The number of nitrogens with one attached hydrogen (secondary N) is 8. The predicted molar refractivity (Wildman–Crippen MR) is 397 cm³/mol. The molecule has 5 aliphatic carbocycles. The Bertz CT molecular complexity index is 3690. The van der Waals surface area contributed by atoms with Crippen molar-refractivity contribution >= 4 is 69.1 Å². The highest BCUT2D eigenvalue weighted by Gasteiger charge is 2.59. The molecular formula is C76H116N12O18S. The van der Waals surface area contributed by atoms with Crippen molar-refractivity contribution in [3.05, 3.63) is 70.0 Å². The zero-order chi connectivity index (χ0) is 77.5. The topological polar surface area (TPSA) is 427 Å². The smallest absolute Gasteiger partial charge is 0.312 e. The molecule has 107 heavy (non-hydrogen) atoms. The van der Waals surface area contributed by atoms with Gasteiger partial charge in [-0.25, -0.2) is 9.48 Å². The van der Waals surface area contributed by atoms with E-state index in [4.69, 9.17) is 34.0 Å². The van der Waals surface area contributed by atoms with Crippen molar-refractivity contribution < 1.29 is 84.9 Å². The summed E-state index contributed by atoms with van der Waals surface area (Å²) in [6.07, 6.45) is 12.6. The fraction of sp³-hybridized carbons (Fsp3) is 0.697. The van der Waals surface area contributed by atoms with Gasteiger partial charge in [0.05, 0.1) is 81.7 Å². The number of ether oxygens (including phenoxy) is 5. The summed E-state index contributed by atoms with van der Waals surface area (Å²) in [7, 11) is -4.14. The summed E-state index contributed by atoms with van der Waals surface area (Å²) in [6.45, 7) is 16.0. The highest BCUT2D eigenvalue weighted by atomic mass is 32.2. The molecule has 30 nitrogen and oxygen atoms in total. The first-order valence-electron chi connectivity index (χ1n) is 38.3. The summed E-state index contributed by atoms with van der Waals surface area (Å²) in [5.74, 6) is -4.51. The number of aromatic nitrogens is 3. The first-order chi connectivity index (χ1) is 50.9. The molecule has 0 spiro atoms. The van der Waals surface area contributed by atoms with Crippen molar-refractivity contribution in [2.75, 3.05) is 90.2 Å². The number of benzene rings is 2. The minimum atomic E-state index is -4.14. The molecule has 31 heteroatoms. The fourth-order valence-corrected chi connectivity index (χ4v) is 17.4. The lowest BCUT2D eigenvalue weighted by Crippen LogP contribution is -2.60. The maximum atomic E-state index is 14.9. The number of hydrogen-bond donors (Lipinski definition) is 11. The summed E-state index contributed by atoms with van der Waals surface area (Å²) in [5, 5.41) is 41.7. The van der Waals surface area contributed by atoms with Crippen LogP contribution in [0.1, 0.15) is 204 Å². The van der Waals surface area contributed by atoms with Gasteiger partial charge in [-0.3, -0.25) is 48.2 Å². The van der Waals surface area contributed by atoms with Gasteiger partial charge < -0.3 is 71.7 Å². The molecule has 0 bridgehead atoms. The Morgan fingerprint density at radius 2 is 1.21 bits per heavy atom. The number of urea groups is 1. The molecule has 2 fully saturated rings. The lowest BCUT2D eigenvalue weighted by atomic mass is 9.49. The number of phenolic OH excluding ortho intramolecular Hbond substituents is 1. The van der Waals surface area contributed by atoms with E-state index in [-0.39, 0.29) is 106 Å². The standard InChI is InChI=1S/C76H116N12O18S/c1-49(2)65(84-68(94)57(81-50(3)89)16-11-12-33-78-64(92)48-106-60-19-10-8-9-18-59-66(60)86-87-88(59)36-38-103-40-42-105-44-43-104-41-39-102-37-28-63(91)79-35-45-107(99,100)101)69(95)83-58(17-13-34-80-72(77)98)67(93)82-53-24-20-51-22-26-61-73(4,55(51)46-53)29-14-31-75(61,6)70(96)85-71(97)76(7)32-15-30-74(5)56-47-54(90)25-21-52(56)23-27-62(74)76/h20-21,24-25,46-47,49,57-58,60-62,65,90H,8-19,22-23,26-45,48H2,1-7H3,(H,78,92)(H,79,91)(H,81,89)(H,82,93)(H,83,95)(H,84,94)(H3,77,80,98)(H,85,96,97)(H,99,100,101)/t57-,58+,60?,61-,62-,65+,73-,74-,75+,76+/m1/s1. The number of rotatable bonds is 40. The second-order valence-electron chi connectivity index (χ2n) is 30.7. The molecule has 10 atom stereocenters. The lowest BCUT2D eigenvalue weighted by molar-refractivity contribution is -0.150. The van der Waals surface area contributed by atoms with Gasteiger partial charge in [0.15, 0.2) is 0 Å². The zero-order valence-electron chi connectivity index (χ0n) is 63.5. The Morgan fingerprint density at radius 3 is 1.82 bits per heavy atom. The number of anilines is 1. The number of carbonyl (C=O) groups excluding carboxylic acids is 9. The second-order valence-corrected chi connectivity index (χ2v) is 32.3. The van der Waals surface area contributed by atoms with Gasteiger partial charge in [0.1, 0.15) is 42.3 Å². The molecule has 8 rings (SSSR count). The average Bonchev–Trinajstić information content (AvgIpc) is 0.874. The van der Waals surface area contributed by atoms with Crippen LogP contribution in [0, 0.1) is 28.6 Å². The predicted octanol–water partition coefficient (Wildman–Crippen LogP) is 5.49. The minimum absolute atomic E-state index is 0.0272. The van der Waals surface area contributed by atoms with Gasteiger partial charge >= 0.3 is 6.03 Å². The lowest BCUT2D eigenvalue weighted by Gasteiger charge is -2.56. The molecule has 0 aliphatic heterocycles. The monoisotopic (exact) mass is 1520 g/mol. The van der Waals surface area contributed by atoms with E-state index in [2.05, 4.69) is 66.7 Å². The van der Waals surface area contributed by atoms with E-state index in [1.165, 1.54) is 12.5 Å². The van der Waals surface area contributed by atoms with Gasteiger partial charge in [-0.2, -0.15) is 8.42 Å². The van der Waals surface area contributed by atoms with E-state index in [9.17, 15) is 56.7 Å². The Balaban J connectivity index is 0.779. The number of fused-ring (bicyclic) bond motifs is 7. The number of carbonyl (C=O) groups is 9. The number of aromatic hydroxyl groups is 1. The van der Waals surface area contributed by atoms with E-state index in [1.54, 1.807) is 19.9 Å². The third kappa shape index (κ3) is 23.4. The normalized spacial score (nSPS) is 23.3. The first-order valence-corrected chi connectivity index (χ1v) is 39.9. The van der Waals surface area contributed by atoms with Crippen LogP contribution in [0.2, 0.25) is 0 Å². The zero-order valence-corrected chi connectivity index (χ0v) is 64.3. The van der Waals surface area contributed by atoms with Crippen molar-refractivity contribution in [3.8, 4) is 5.75 Å². The third-order valence-electron chi connectivity index (χ3n) is 22.7. The van der Waals surface area contributed by atoms with Crippen LogP contribution >= 0.6 is 0 Å². The summed E-state index contributed by atoms with van der Waals surface area (Å²) in [6, 6.07) is 7.27. The van der Waals surface area contributed by atoms with Gasteiger partial charge in [0.25, 0.3) is 10.1 Å². The Labute approximate surface area is 628 Å². The number of phenols is 1. The van der Waals surface area contributed by atoms with E-state index >= 15 is 0 Å². The molecule has 1 unspecified atom stereocenters.